The molecule has 8 heteroatoms. The van der Waals surface area contributed by atoms with E-state index in [4.69, 9.17) is 5.11 Å². The van der Waals surface area contributed by atoms with Crippen LogP contribution in [0.5, 0.6) is 0 Å². The molecule has 0 saturated carbocycles. The van der Waals surface area contributed by atoms with Crippen molar-refractivity contribution < 1.29 is 23.1 Å². The Morgan fingerprint density at radius 3 is 2.55 bits per heavy atom. The van der Waals surface area contributed by atoms with Crippen molar-refractivity contribution in [2.45, 2.75) is 44.7 Å². The lowest BCUT2D eigenvalue weighted by Crippen LogP contribution is -2.50. The van der Waals surface area contributed by atoms with Crippen LogP contribution in [0.3, 0.4) is 0 Å². The fraction of sp³-hybridized carbons (Fsp3) is 0.833. The second-order valence-electron chi connectivity index (χ2n) is 5.15. The Morgan fingerprint density at radius 1 is 1.45 bits per heavy atom. The van der Waals surface area contributed by atoms with Crippen LogP contribution in [0.4, 0.5) is 4.79 Å². The molecule has 0 bridgehead atoms. The average molecular weight is 306 g/mol. The maximum atomic E-state index is 12.0. The minimum Gasteiger partial charge on any atom is -0.480 e. The lowest BCUT2D eigenvalue weighted by molar-refractivity contribution is -0.139. The van der Waals surface area contributed by atoms with E-state index in [-0.39, 0.29) is 17.5 Å². The molecule has 0 aromatic heterocycles. The third-order valence-corrected chi connectivity index (χ3v) is 5.27. The normalized spacial score (nSPS) is 22.2. The summed E-state index contributed by atoms with van der Waals surface area (Å²) in [4.78, 5) is 24.3. The number of carbonyl (C=O) groups is 2. The van der Waals surface area contributed by atoms with Gasteiger partial charge in [-0.1, -0.05) is 19.8 Å². The average Bonchev–Trinajstić information content (AvgIpc) is 2.73. The van der Waals surface area contributed by atoms with Crippen molar-refractivity contribution in [2.24, 2.45) is 0 Å². The highest BCUT2D eigenvalue weighted by atomic mass is 32.2. The molecule has 0 aliphatic carbocycles. The van der Waals surface area contributed by atoms with Crippen molar-refractivity contribution >= 4 is 21.8 Å². The summed E-state index contributed by atoms with van der Waals surface area (Å²) in [6, 6.07) is -1.83. The van der Waals surface area contributed by atoms with Gasteiger partial charge in [-0.3, -0.25) is 0 Å². The number of unbranched alkanes of at least 4 members (excludes halogenated alkanes) is 1. The predicted molar refractivity (Wildman–Crippen MR) is 74.3 cm³/mol. The second kappa shape index (κ2) is 6.92. The second-order valence-corrected chi connectivity index (χ2v) is 7.38. The van der Waals surface area contributed by atoms with E-state index in [0.29, 0.717) is 19.3 Å². The molecular formula is C12H22N2O5S. The van der Waals surface area contributed by atoms with Gasteiger partial charge < -0.3 is 15.3 Å². The number of hydrogen-bond acceptors (Lipinski definition) is 4. The highest BCUT2D eigenvalue weighted by Crippen LogP contribution is 2.16. The zero-order chi connectivity index (χ0) is 15.3. The first kappa shape index (κ1) is 16.7. The number of carbonyl (C=O) groups excluding carboxylic acids is 1. The number of rotatable bonds is 6. The molecule has 1 rings (SSSR count). The number of amides is 2. The number of sulfone groups is 1. The first-order valence-electron chi connectivity index (χ1n) is 6.73. The van der Waals surface area contributed by atoms with Crippen LogP contribution in [0.25, 0.3) is 0 Å². The first-order chi connectivity index (χ1) is 9.26. The van der Waals surface area contributed by atoms with Gasteiger partial charge >= 0.3 is 12.0 Å². The van der Waals surface area contributed by atoms with Gasteiger partial charge in [0.05, 0.1) is 11.5 Å². The van der Waals surface area contributed by atoms with E-state index in [1.54, 1.807) is 0 Å². The van der Waals surface area contributed by atoms with Gasteiger partial charge in [0.15, 0.2) is 9.84 Å². The number of nitrogens with zero attached hydrogens (tertiary/aromatic N) is 1. The third kappa shape index (κ3) is 4.66. The van der Waals surface area contributed by atoms with Gasteiger partial charge in [-0.05, 0) is 12.8 Å². The van der Waals surface area contributed by atoms with Crippen LogP contribution >= 0.6 is 0 Å². The van der Waals surface area contributed by atoms with E-state index < -0.39 is 27.9 Å². The molecule has 0 radical (unpaired) electrons. The minimum absolute atomic E-state index is 0.0520. The summed E-state index contributed by atoms with van der Waals surface area (Å²) in [5.41, 5.74) is 0. The Morgan fingerprint density at radius 2 is 2.10 bits per heavy atom. The van der Waals surface area contributed by atoms with Crippen molar-refractivity contribution in [3.8, 4) is 0 Å². The number of aliphatic carboxylic acids is 1. The molecular weight excluding hydrogens is 284 g/mol. The molecule has 0 aromatic carbocycles. The summed E-state index contributed by atoms with van der Waals surface area (Å²) in [5, 5.41) is 11.5. The maximum absolute atomic E-state index is 12.0. The standard InChI is InChI=1S/C12H22N2O5S/c1-3-4-5-10(11(15)16)13-12(17)14(2)9-6-7-20(18,19)8-9/h9-10H,3-8H2,1-2H3,(H,13,17)(H,15,16). The van der Waals surface area contributed by atoms with E-state index in [1.165, 1.54) is 11.9 Å². The zero-order valence-corrected chi connectivity index (χ0v) is 12.6. The summed E-state index contributed by atoms with van der Waals surface area (Å²) < 4.78 is 22.8. The number of urea groups is 1. The molecule has 2 unspecified atom stereocenters. The van der Waals surface area contributed by atoms with Crippen LogP contribution in [0.15, 0.2) is 0 Å². The lowest BCUT2D eigenvalue weighted by atomic mass is 10.1. The molecule has 1 aliphatic heterocycles. The van der Waals surface area contributed by atoms with E-state index in [9.17, 15) is 18.0 Å². The zero-order valence-electron chi connectivity index (χ0n) is 11.8. The Kier molecular flexibility index (Phi) is 5.79. The molecule has 1 saturated heterocycles. The quantitative estimate of drug-likeness (QED) is 0.742. The van der Waals surface area contributed by atoms with Crippen molar-refractivity contribution in [1.29, 1.82) is 0 Å². The van der Waals surface area contributed by atoms with E-state index >= 15 is 0 Å². The molecule has 20 heavy (non-hydrogen) atoms. The Balaban J connectivity index is 2.58. The lowest BCUT2D eigenvalue weighted by Gasteiger charge is -2.25. The van der Waals surface area contributed by atoms with Gasteiger partial charge in [-0.25, -0.2) is 18.0 Å². The molecule has 1 fully saturated rings. The van der Waals surface area contributed by atoms with Crippen molar-refractivity contribution in [2.75, 3.05) is 18.6 Å². The minimum atomic E-state index is -3.07. The van der Waals surface area contributed by atoms with E-state index in [0.717, 1.165) is 6.42 Å². The molecule has 0 aromatic rings. The van der Waals surface area contributed by atoms with Gasteiger partial charge in [-0.2, -0.15) is 0 Å². The fourth-order valence-corrected chi connectivity index (χ4v) is 3.94. The van der Waals surface area contributed by atoms with Crippen LogP contribution < -0.4 is 5.32 Å². The Labute approximate surface area is 119 Å². The third-order valence-electron chi connectivity index (χ3n) is 3.52. The molecule has 2 N–H and O–H groups in total. The van der Waals surface area contributed by atoms with Gasteiger partial charge in [0.1, 0.15) is 6.04 Å². The summed E-state index contributed by atoms with van der Waals surface area (Å²) in [7, 11) is -1.57. The van der Waals surface area contributed by atoms with Crippen LogP contribution in [0.2, 0.25) is 0 Å². The maximum Gasteiger partial charge on any atom is 0.326 e. The van der Waals surface area contributed by atoms with Crippen LogP contribution in [0.1, 0.15) is 32.6 Å². The highest BCUT2D eigenvalue weighted by molar-refractivity contribution is 7.91. The molecule has 2 amide bonds. The van der Waals surface area contributed by atoms with Crippen LogP contribution in [-0.2, 0) is 14.6 Å². The SMILES string of the molecule is CCCCC(NC(=O)N(C)C1CCS(=O)(=O)C1)C(=O)O. The van der Waals surface area contributed by atoms with E-state index in [1.807, 2.05) is 6.92 Å². The largest absolute Gasteiger partial charge is 0.480 e. The molecule has 7 nitrogen and oxygen atoms in total. The fourth-order valence-electron chi connectivity index (χ4n) is 2.16. The van der Waals surface area contributed by atoms with Gasteiger partial charge in [0, 0.05) is 13.1 Å². The van der Waals surface area contributed by atoms with Crippen molar-refractivity contribution in [3.63, 3.8) is 0 Å². The Hall–Kier alpha value is -1.31. The summed E-state index contributed by atoms with van der Waals surface area (Å²) >= 11 is 0. The topological polar surface area (TPSA) is 104 Å². The Bertz CT molecular complexity index is 462. The molecule has 1 heterocycles. The number of nitrogens with one attached hydrogen (secondary N) is 1. The summed E-state index contributed by atoms with van der Waals surface area (Å²) in [6.07, 6.45) is 2.32. The molecule has 0 spiro atoms. The van der Waals surface area contributed by atoms with Crippen LogP contribution in [-0.4, -0.2) is 61.1 Å². The van der Waals surface area contributed by atoms with Crippen molar-refractivity contribution in [3.05, 3.63) is 0 Å². The summed E-state index contributed by atoms with van der Waals surface area (Å²) in [5.74, 6) is -1.05. The molecule has 116 valence electrons. The monoisotopic (exact) mass is 306 g/mol. The van der Waals surface area contributed by atoms with Gasteiger partial charge in [0.2, 0.25) is 0 Å². The van der Waals surface area contributed by atoms with Crippen LogP contribution in [0, 0.1) is 0 Å². The molecule has 2 atom stereocenters. The van der Waals surface area contributed by atoms with Gasteiger partial charge in [-0.15, -0.1) is 0 Å². The smallest absolute Gasteiger partial charge is 0.326 e. The van der Waals surface area contributed by atoms with Gasteiger partial charge in [0.25, 0.3) is 0 Å². The number of carboxylic acids is 1. The number of hydrogen-bond donors (Lipinski definition) is 2. The number of carboxylic acid groups (broad SMARTS) is 1. The predicted octanol–water partition coefficient (Wildman–Crippen LogP) is 0.458. The molecule has 1 aliphatic rings. The van der Waals surface area contributed by atoms with Crippen molar-refractivity contribution in [1.82, 2.24) is 10.2 Å². The first-order valence-corrected chi connectivity index (χ1v) is 8.55. The summed E-state index contributed by atoms with van der Waals surface area (Å²) in [6.45, 7) is 1.94. The highest BCUT2D eigenvalue weighted by Gasteiger charge is 2.33. The van der Waals surface area contributed by atoms with E-state index in [2.05, 4.69) is 5.32 Å².